The number of aromatic nitrogens is 2. The molecule has 0 saturated heterocycles. The van der Waals surface area contributed by atoms with E-state index in [-0.39, 0.29) is 0 Å². The molecule has 0 amide bonds. The third-order valence-corrected chi connectivity index (χ3v) is 3.14. The van der Waals surface area contributed by atoms with Gasteiger partial charge in [0.05, 0.1) is 10.2 Å². The molecular weight excluding hydrogens is 230 g/mol. The molecule has 4 heteroatoms. The molecule has 13 heavy (non-hydrogen) atoms. The molecule has 0 aliphatic heterocycles. The minimum Gasteiger partial charge on any atom is -0.351 e. The number of rotatable bonds is 2. The molecule has 0 bridgehead atoms. The molecule has 1 aliphatic carbocycles. The Morgan fingerprint density at radius 3 is 2.85 bits per heavy atom. The maximum absolute atomic E-state index is 4.33. The Balaban J connectivity index is 2.07. The highest BCUT2D eigenvalue weighted by atomic mass is 79.9. The first kappa shape index (κ1) is 8.94. The van der Waals surface area contributed by atoms with Crippen LogP contribution in [0.25, 0.3) is 0 Å². The van der Waals surface area contributed by atoms with Crippen molar-refractivity contribution in [1.29, 1.82) is 0 Å². The minimum absolute atomic E-state index is 0.598. The molecule has 1 heterocycles. The molecule has 1 saturated carbocycles. The van der Waals surface area contributed by atoms with Gasteiger partial charge >= 0.3 is 0 Å². The average molecular weight is 242 g/mol. The van der Waals surface area contributed by atoms with Crippen LogP contribution in [-0.4, -0.2) is 16.0 Å². The van der Waals surface area contributed by atoms with Gasteiger partial charge < -0.3 is 5.32 Å². The number of aryl methyl sites for hydroxylation is 1. The minimum atomic E-state index is 0.598. The summed E-state index contributed by atoms with van der Waals surface area (Å²) < 4.78 is 0.964. The molecule has 1 aromatic heterocycles. The van der Waals surface area contributed by atoms with Crippen LogP contribution in [0.3, 0.4) is 0 Å². The molecule has 0 spiro atoms. The third-order valence-electron chi connectivity index (χ3n) is 2.36. The molecule has 0 unspecified atom stereocenters. The fourth-order valence-corrected chi connectivity index (χ4v) is 1.45. The van der Waals surface area contributed by atoms with E-state index >= 15 is 0 Å². The van der Waals surface area contributed by atoms with E-state index in [4.69, 9.17) is 0 Å². The number of hydrogen-bond acceptors (Lipinski definition) is 3. The van der Waals surface area contributed by atoms with Gasteiger partial charge in [-0.1, -0.05) is 0 Å². The number of nitrogens with one attached hydrogen (secondary N) is 1. The van der Waals surface area contributed by atoms with E-state index in [9.17, 15) is 0 Å². The van der Waals surface area contributed by atoms with Gasteiger partial charge in [-0.05, 0) is 42.1 Å². The number of anilines is 1. The van der Waals surface area contributed by atoms with Crippen molar-refractivity contribution in [3.63, 3.8) is 0 Å². The summed E-state index contributed by atoms with van der Waals surface area (Å²) in [4.78, 5) is 8.52. The summed E-state index contributed by atoms with van der Waals surface area (Å²) >= 11 is 3.37. The van der Waals surface area contributed by atoms with Crippen LogP contribution in [0.5, 0.6) is 0 Å². The highest BCUT2D eigenvalue weighted by Crippen LogP contribution is 2.22. The van der Waals surface area contributed by atoms with Gasteiger partial charge in [-0.2, -0.15) is 0 Å². The summed E-state index contributed by atoms with van der Waals surface area (Å²) in [6.45, 7) is 1.97. The maximum Gasteiger partial charge on any atom is 0.223 e. The lowest BCUT2D eigenvalue weighted by Gasteiger charge is -2.26. The van der Waals surface area contributed by atoms with E-state index in [1.54, 1.807) is 6.20 Å². The van der Waals surface area contributed by atoms with E-state index in [0.29, 0.717) is 6.04 Å². The highest BCUT2D eigenvalue weighted by molar-refractivity contribution is 9.10. The van der Waals surface area contributed by atoms with E-state index in [0.717, 1.165) is 16.1 Å². The first-order valence-corrected chi connectivity index (χ1v) is 5.30. The van der Waals surface area contributed by atoms with Crippen LogP contribution in [0, 0.1) is 6.92 Å². The lowest BCUT2D eigenvalue weighted by molar-refractivity contribution is 0.443. The van der Waals surface area contributed by atoms with Crippen LogP contribution in [-0.2, 0) is 0 Å². The van der Waals surface area contributed by atoms with Gasteiger partial charge in [0.25, 0.3) is 0 Å². The molecule has 1 N–H and O–H groups in total. The smallest absolute Gasteiger partial charge is 0.223 e. The number of nitrogens with zero attached hydrogens (tertiary/aromatic N) is 2. The van der Waals surface area contributed by atoms with Crippen molar-refractivity contribution in [2.45, 2.75) is 32.2 Å². The van der Waals surface area contributed by atoms with Crippen LogP contribution in [0.1, 0.15) is 25.0 Å². The van der Waals surface area contributed by atoms with Gasteiger partial charge in [-0.3, -0.25) is 0 Å². The molecule has 0 radical (unpaired) electrons. The zero-order chi connectivity index (χ0) is 9.26. The van der Waals surface area contributed by atoms with Gasteiger partial charge in [0, 0.05) is 12.2 Å². The largest absolute Gasteiger partial charge is 0.351 e. The van der Waals surface area contributed by atoms with Crippen molar-refractivity contribution in [2.24, 2.45) is 0 Å². The quantitative estimate of drug-likeness (QED) is 0.865. The molecule has 70 valence electrons. The monoisotopic (exact) mass is 241 g/mol. The van der Waals surface area contributed by atoms with Gasteiger partial charge in [-0.25, -0.2) is 9.97 Å². The predicted octanol–water partition coefficient (Wildman–Crippen LogP) is 2.51. The third kappa shape index (κ3) is 1.99. The van der Waals surface area contributed by atoms with E-state index in [1.165, 1.54) is 19.3 Å². The second-order valence-corrected chi connectivity index (χ2v) is 4.25. The second-order valence-electron chi connectivity index (χ2n) is 3.40. The zero-order valence-corrected chi connectivity index (χ0v) is 9.13. The number of hydrogen-bond donors (Lipinski definition) is 1. The van der Waals surface area contributed by atoms with Crippen molar-refractivity contribution in [2.75, 3.05) is 5.32 Å². The zero-order valence-electron chi connectivity index (χ0n) is 7.55. The summed E-state index contributed by atoms with van der Waals surface area (Å²) in [5, 5.41) is 3.30. The molecular formula is C9H12BrN3. The molecule has 1 aliphatic rings. The van der Waals surface area contributed by atoms with E-state index in [1.807, 2.05) is 6.92 Å². The van der Waals surface area contributed by atoms with Crippen LogP contribution in [0.2, 0.25) is 0 Å². The second kappa shape index (κ2) is 3.62. The van der Waals surface area contributed by atoms with Crippen LogP contribution in [0.15, 0.2) is 10.7 Å². The van der Waals surface area contributed by atoms with Gasteiger partial charge in [0.15, 0.2) is 0 Å². The normalized spacial score (nSPS) is 16.8. The summed E-state index contributed by atoms with van der Waals surface area (Å²) in [6, 6.07) is 0.598. The maximum atomic E-state index is 4.33. The van der Waals surface area contributed by atoms with Gasteiger partial charge in [0.2, 0.25) is 5.95 Å². The molecule has 2 rings (SSSR count). The Kier molecular flexibility index (Phi) is 2.49. The van der Waals surface area contributed by atoms with E-state index in [2.05, 4.69) is 31.2 Å². The first-order chi connectivity index (χ1) is 6.25. The van der Waals surface area contributed by atoms with Gasteiger partial charge in [0.1, 0.15) is 0 Å². The Labute approximate surface area is 86.1 Å². The summed E-state index contributed by atoms with van der Waals surface area (Å²) in [5.74, 6) is 0.755. The Hall–Kier alpha value is -0.640. The average Bonchev–Trinajstić information content (AvgIpc) is 2.04. The Morgan fingerprint density at radius 2 is 2.31 bits per heavy atom. The fraction of sp³-hybridized carbons (Fsp3) is 0.556. The molecule has 0 aromatic carbocycles. The Morgan fingerprint density at radius 1 is 1.54 bits per heavy atom. The van der Waals surface area contributed by atoms with Crippen molar-refractivity contribution in [3.8, 4) is 0 Å². The van der Waals surface area contributed by atoms with E-state index < -0.39 is 0 Å². The van der Waals surface area contributed by atoms with Crippen LogP contribution < -0.4 is 5.32 Å². The van der Waals surface area contributed by atoms with Crippen molar-refractivity contribution in [1.82, 2.24) is 9.97 Å². The van der Waals surface area contributed by atoms with Gasteiger partial charge in [-0.15, -0.1) is 0 Å². The highest BCUT2D eigenvalue weighted by Gasteiger charge is 2.17. The lowest BCUT2D eigenvalue weighted by atomic mass is 9.93. The van der Waals surface area contributed by atoms with Crippen LogP contribution in [0.4, 0.5) is 5.95 Å². The first-order valence-electron chi connectivity index (χ1n) is 4.51. The Bertz CT molecular complexity index is 310. The number of halogens is 1. The molecule has 0 atom stereocenters. The van der Waals surface area contributed by atoms with Crippen LogP contribution >= 0.6 is 15.9 Å². The van der Waals surface area contributed by atoms with Crippen molar-refractivity contribution in [3.05, 3.63) is 16.4 Å². The molecule has 3 nitrogen and oxygen atoms in total. The topological polar surface area (TPSA) is 37.8 Å². The molecule has 1 fully saturated rings. The van der Waals surface area contributed by atoms with Crippen molar-refractivity contribution < 1.29 is 0 Å². The SMILES string of the molecule is Cc1nc(NC2CCC2)ncc1Br. The van der Waals surface area contributed by atoms with Crippen molar-refractivity contribution >= 4 is 21.9 Å². The molecule has 1 aromatic rings. The summed E-state index contributed by atoms with van der Waals surface area (Å²) in [5.41, 5.74) is 0.983. The standard InChI is InChI=1S/C9H12BrN3/c1-6-8(10)5-11-9(12-6)13-7-3-2-4-7/h5,7H,2-4H2,1H3,(H,11,12,13). The summed E-state index contributed by atoms with van der Waals surface area (Å²) in [7, 11) is 0. The fourth-order valence-electron chi connectivity index (χ4n) is 1.26. The lowest BCUT2D eigenvalue weighted by Crippen LogP contribution is -2.28. The predicted molar refractivity (Wildman–Crippen MR) is 55.7 cm³/mol. The summed E-state index contributed by atoms with van der Waals surface area (Å²) in [6.07, 6.45) is 5.62.